The van der Waals surface area contributed by atoms with Crippen molar-refractivity contribution in [2.24, 2.45) is 0 Å². The highest BCUT2D eigenvalue weighted by Crippen LogP contribution is 2.10. The van der Waals surface area contributed by atoms with Crippen molar-refractivity contribution in [2.45, 2.75) is 6.92 Å². The van der Waals surface area contributed by atoms with E-state index >= 15 is 0 Å². The number of ether oxygens (including phenoxy) is 1. The van der Waals surface area contributed by atoms with Gasteiger partial charge in [-0.2, -0.15) is 0 Å². The topological polar surface area (TPSA) is 75.6 Å². The van der Waals surface area contributed by atoms with Crippen LogP contribution in [0.3, 0.4) is 0 Å². The van der Waals surface area contributed by atoms with Crippen molar-refractivity contribution in [3.8, 4) is 0 Å². The third-order valence-corrected chi connectivity index (χ3v) is 1.55. The van der Waals surface area contributed by atoms with Crippen LogP contribution >= 0.6 is 0 Å². The van der Waals surface area contributed by atoms with Crippen LogP contribution in [0.5, 0.6) is 0 Å². The SMILES string of the molecule is CCOC(=O)c1cc[c]c(NC(=O)O)c1. The van der Waals surface area contributed by atoms with Crippen molar-refractivity contribution in [1.82, 2.24) is 0 Å². The van der Waals surface area contributed by atoms with E-state index in [1.807, 2.05) is 0 Å². The summed E-state index contributed by atoms with van der Waals surface area (Å²) in [6, 6.07) is 6.97. The number of hydrogen-bond acceptors (Lipinski definition) is 3. The Labute approximate surface area is 86.7 Å². The minimum Gasteiger partial charge on any atom is -0.465 e. The van der Waals surface area contributed by atoms with Crippen LogP contribution in [0.1, 0.15) is 17.3 Å². The van der Waals surface area contributed by atoms with Gasteiger partial charge in [-0.05, 0) is 19.1 Å². The molecule has 0 aliphatic heterocycles. The molecule has 1 amide bonds. The molecule has 0 atom stereocenters. The first-order chi connectivity index (χ1) is 7.13. The van der Waals surface area contributed by atoms with Gasteiger partial charge < -0.3 is 9.84 Å². The quantitative estimate of drug-likeness (QED) is 0.742. The summed E-state index contributed by atoms with van der Waals surface area (Å²) in [7, 11) is 0. The highest BCUT2D eigenvalue weighted by Gasteiger charge is 2.07. The largest absolute Gasteiger partial charge is 0.465 e. The fourth-order valence-corrected chi connectivity index (χ4v) is 0.995. The van der Waals surface area contributed by atoms with E-state index in [1.165, 1.54) is 18.2 Å². The lowest BCUT2D eigenvalue weighted by molar-refractivity contribution is 0.0526. The number of carboxylic acid groups (broad SMARTS) is 1. The van der Waals surface area contributed by atoms with Gasteiger partial charge in [0.15, 0.2) is 0 Å². The predicted molar refractivity (Wildman–Crippen MR) is 52.9 cm³/mol. The van der Waals surface area contributed by atoms with E-state index in [0.29, 0.717) is 5.56 Å². The van der Waals surface area contributed by atoms with Gasteiger partial charge in [0, 0.05) is 6.07 Å². The zero-order chi connectivity index (χ0) is 11.3. The molecule has 0 saturated heterocycles. The fourth-order valence-electron chi connectivity index (χ4n) is 0.995. The van der Waals surface area contributed by atoms with Crippen LogP contribution in [0.2, 0.25) is 0 Å². The summed E-state index contributed by atoms with van der Waals surface area (Å²) in [5.41, 5.74) is 0.507. The number of rotatable bonds is 3. The molecule has 79 valence electrons. The fraction of sp³-hybridized carbons (Fsp3) is 0.200. The van der Waals surface area contributed by atoms with Gasteiger partial charge in [0.05, 0.1) is 17.9 Å². The highest BCUT2D eigenvalue weighted by molar-refractivity contribution is 5.92. The van der Waals surface area contributed by atoms with Gasteiger partial charge in [-0.3, -0.25) is 5.32 Å². The maximum atomic E-state index is 11.3. The molecule has 0 saturated carbocycles. The van der Waals surface area contributed by atoms with E-state index in [-0.39, 0.29) is 12.3 Å². The summed E-state index contributed by atoms with van der Waals surface area (Å²) >= 11 is 0. The Hall–Kier alpha value is -2.04. The first-order valence-electron chi connectivity index (χ1n) is 4.32. The minimum absolute atomic E-state index is 0.216. The van der Waals surface area contributed by atoms with E-state index in [0.717, 1.165) is 0 Å². The van der Waals surface area contributed by atoms with Crippen molar-refractivity contribution in [2.75, 3.05) is 11.9 Å². The third-order valence-electron chi connectivity index (χ3n) is 1.55. The summed E-state index contributed by atoms with van der Waals surface area (Å²) in [4.78, 5) is 21.6. The summed E-state index contributed by atoms with van der Waals surface area (Å²) in [6.45, 7) is 1.97. The number of carbonyl (C=O) groups is 2. The van der Waals surface area contributed by atoms with Crippen molar-refractivity contribution < 1.29 is 19.4 Å². The standard InChI is InChI=1S/C10H10NO4/c1-2-15-9(12)7-4-3-5-8(6-7)11-10(13)14/h3-4,6,11H,2H2,1H3,(H,13,14). The maximum absolute atomic E-state index is 11.3. The number of nitrogens with one attached hydrogen (secondary N) is 1. The lowest BCUT2D eigenvalue weighted by Gasteiger charge is -2.03. The third kappa shape index (κ3) is 3.30. The Morgan fingerprint density at radius 2 is 2.33 bits per heavy atom. The van der Waals surface area contributed by atoms with Crippen LogP contribution in [0.4, 0.5) is 10.5 Å². The molecule has 0 aliphatic carbocycles. The van der Waals surface area contributed by atoms with Crippen molar-refractivity contribution in [3.05, 3.63) is 29.8 Å². The van der Waals surface area contributed by atoms with Crippen LogP contribution in [0.25, 0.3) is 0 Å². The molecule has 15 heavy (non-hydrogen) atoms. The molecule has 0 fully saturated rings. The molecule has 0 unspecified atom stereocenters. The zero-order valence-corrected chi connectivity index (χ0v) is 8.11. The van der Waals surface area contributed by atoms with Crippen LogP contribution in [0, 0.1) is 6.07 Å². The molecule has 5 heteroatoms. The number of esters is 1. The van der Waals surface area contributed by atoms with E-state index in [1.54, 1.807) is 6.92 Å². The van der Waals surface area contributed by atoms with Gasteiger partial charge >= 0.3 is 12.1 Å². The molecule has 0 heterocycles. The molecular formula is C10H10NO4. The molecule has 1 aromatic carbocycles. The van der Waals surface area contributed by atoms with E-state index < -0.39 is 12.1 Å². The van der Waals surface area contributed by atoms with Gasteiger partial charge in [-0.25, -0.2) is 9.59 Å². The predicted octanol–water partition coefficient (Wildman–Crippen LogP) is 1.75. The molecule has 1 rings (SSSR count). The Morgan fingerprint density at radius 1 is 1.60 bits per heavy atom. The molecule has 0 spiro atoms. The molecular weight excluding hydrogens is 198 g/mol. The number of amides is 1. The summed E-state index contributed by atoms with van der Waals surface area (Å²) in [5, 5.41) is 10.5. The summed E-state index contributed by atoms with van der Waals surface area (Å²) in [6.07, 6.45) is -1.20. The van der Waals surface area contributed by atoms with Crippen LogP contribution in [-0.4, -0.2) is 23.8 Å². The Morgan fingerprint density at radius 3 is 2.93 bits per heavy atom. The van der Waals surface area contributed by atoms with Crippen LogP contribution in [0.15, 0.2) is 18.2 Å². The van der Waals surface area contributed by atoms with E-state index in [9.17, 15) is 9.59 Å². The van der Waals surface area contributed by atoms with Gasteiger partial charge in [0.25, 0.3) is 0 Å². The first-order valence-corrected chi connectivity index (χ1v) is 4.32. The molecule has 0 aromatic heterocycles. The monoisotopic (exact) mass is 208 g/mol. The Balaban J connectivity index is 2.82. The Bertz CT molecular complexity index is 375. The normalized spacial score (nSPS) is 9.40. The van der Waals surface area contributed by atoms with Gasteiger partial charge in [-0.1, -0.05) is 6.07 Å². The molecule has 1 radical (unpaired) electrons. The molecule has 5 nitrogen and oxygen atoms in total. The lowest BCUT2D eigenvalue weighted by Crippen LogP contribution is -2.09. The van der Waals surface area contributed by atoms with E-state index in [4.69, 9.17) is 9.84 Å². The average Bonchev–Trinajstić information content (AvgIpc) is 2.17. The molecule has 2 N–H and O–H groups in total. The smallest absolute Gasteiger partial charge is 0.409 e. The Kier molecular flexibility index (Phi) is 3.68. The van der Waals surface area contributed by atoms with Gasteiger partial charge in [0.2, 0.25) is 0 Å². The van der Waals surface area contributed by atoms with Crippen LogP contribution < -0.4 is 5.32 Å². The molecule has 0 bridgehead atoms. The molecule has 0 aliphatic rings. The van der Waals surface area contributed by atoms with Crippen molar-refractivity contribution >= 4 is 17.7 Å². The van der Waals surface area contributed by atoms with Crippen LogP contribution in [-0.2, 0) is 4.74 Å². The van der Waals surface area contributed by atoms with Crippen molar-refractivity contribution in [1.29, 1.82) is 0 Å². The zero-order valence-electron chi connectivity index (χ0n) is 8.11. The maximum Gasteiger partial charge on any atom is 0.409 e. The average molecular weight is 208 g/mol. The molecule has 1 aromatic rings. The second kappa shape index (κ2) is 4.99. The number of benzene rings is 1. The van der Waals surface area contributed by atoms with Gasteiger partial charge in [-0.15, -0.1) is 0 Å². The second-order valence-electron chi connectivity index (χ2n) is 2.64. The summed E-state index contributed by atoms with van der Waals surface area (Å²) < 4.78 is 4.76. The number of anilines is 1. The minimum atomic E-state index is -1.20. The number of carbonyl (C=O) groups excluding carboxylic acids is 1. The first kappa shape index (κ1) is 11.0. The lowest BCUT2D eigenvalue weighted by atomic mass is 10.2. The van der Waals surface area contributed by atoms with Crippen molar-refractivity contribution in [3.63, 3.8) is 0 Å². The highest BCUT2D eigenvalue weighted by atomic mass is 16.5. The van der Waals surface area contributed by atoms with E-state index in [2.05, 4.69) is 11.4 Å². The second-order valence-corrected chi connectivity index (χ2v) is 2.64. The number of hydrogen-bond donors (Lipinski definition) is 2. The summed E-state index contributed by atoms with van der Waals surface area (Å²) in [5.74, 6) is -0.486. The van der Waals surface area contributed by atoms with Gasteiger partial charge in [0.1, 0.15) is 0 Å².